The van der Waals surface area contributed by atoms with Gasteiger partial charge < -0.3 is 14.2 Å². The lowest BCUT2D eigenvalue weighted by Gasteiger charge is -2.13. The van der Waals surface area contributed by atoms with E-state index < -0.39 is 5.97 Å². The molecule has 0 radical (unpaired) electrons. The molecule has 0 bridgehead atoms. The number of carbonyl (C=O) groups excluding carboxylic acids is 1. The van der Waals surface area contributed by atoms with Gasteiger partial charge >= 0.3 is 5.97 Å². The zero-order valence-corrected chi connectivity index (χ0v) is 14.2. The molecule has 0 saturated carbocycles. The summed E-state index contributed by atoms with van der Waals surface area (Å²) in [6.07, 6.45) is 0. The van der Waals surface area contributed by atoms with Crippen LogP contribution in [0.3, 0.4) is 0 Å². The molecule has 2 aromatic rings. The van der Waals surface area contributed by atoms with E-state index in [2.05, 4.69) is 15.9 Å². The summed E-state index contributed by atoms with van der Waals surface area (Å²) in [6, 6.07) is 11.7. The predicted octanol–water partition coefficient (Wildman–Crippen LogP) is 3.95. The topological polar surface area (TPSA) is 68.5 Å². The Labute approximate surface area is 142 Å². The Kier molecular flexibility index (Phi) is 5.61. The molecule has 0 aromatic heterocycles. The van der Waals surface area contributed by atoms with E-state index >= 15 is 0 Å². The summed E-state index contributed by atoms with van der Waals surface area (Å²) in [7, 11) is 1.55. The molecular weight excluding hydrogens is 362 g/mol. The number of ether oxygens (including phenoxy) is 3. The lowest BCUT2D eigenvalue weighted by atomic mass is 10.2. The molecule has 118 valence electrons. The van der Waals surface area contributed by atoms with E-state index in [0.717, 1.165) is 0 Å². The van der Waals surface area contributed by atoms with Crippen LogP contribution in [0.1, 0.15) is 22.8 Å². The minimum atomic E-state index is -0.529. The van der Waals surface area contributed by atoms with E-state index in [1.807, 2.05) is 13.0 Å². The van der Waals surface area contributed by atoms with Gasteiger partial charge in [0.15, 0.2) is 11.5 Å². The smallest absolute Gasteiger partial charge is 0.343 e. The van der Waals surface area contributed by atoms with Gasteiger partial charge in [-0.3, -0.25) is 0 Å². The second kappa shape index (κ2) is 7.65. The first-order valence-electron chi connectivity index (χ1n) is 6.81. The average molecular weight is 376 g/mol. The van der Waals surface area contributed by atoms with Gasteiger partial charge in [0.2, 0.25) is 0 Å². The highest BCUT2D eigenvalue weighted by atomic mass is 79.9. The Balaban J connectivity index is 2.30. The van der Waals surface area contributed by atoms with Gasteiger partial charge in [-0.2, -0.15) is 5.26 Å². The third kappa shape index (κ3) is 4.02. The van der Waals surface area contributed by atoms with Crippen LogP contribution in [0, 0.1) is 11.3 Å². The fourth-order valence-corrected chi connectivity index (χ4v) is 2.40. The number of esters is 1. The molecule has 0 unspecified atom stereocenters. The Bertz CT molecular complexity index is 750. The van der Waals surface area contributed by atoms with Crippen LogP contribution < -0.4 is 14.2 Å². The number of benzene rings is 2. The standard InChI is InChI=1S/C17H14BrNO4/c1-3-22-15-9-11(10-19)8-14(18)16(15)23-17(20)12-4-6-13(21-2)7-5-12/h4-9H,3H2,1-2H3. The molecule has 23 heavy (non-hydrogen) atoms. The summed E-state index contributed by atoms with van der Waals surface area (Å²) in [5, 5.41) is 9.01. The lowest BCUT2D eigenvalue weighted by molar-refractivity contribution is 0.0727. The van der Waals surface area contributed by atoms with Crippen molar-refractivity contribution in [3.63, 3.8) is 0 Å². The van der Waals surface area contributed by atoms with E-state index in [1.54, 1.807) is 37.4 Å². The molecule has 0 saturated heterocycles. The van der Waals surface area contributed by atoms with Crippen LogP contribution in [-0.4, -0.2) is 19.7 Å². The molecule has 0 aliphatic carbocycles. The zero-order chi connectivity index (χ0) is 16.8. The first kappa shape index (κ1) is 16.8. The molecule has 0 heterocycles. The van der Waals surface area contributed by atoms with E-state index in [9.17, 15) is 4.79 Å². The maximum absolute atomic E-state index is 12.3. The molecular formula is C17H14BrNO4. The number of methoxy groups -OCH3 is 1. The number of nitrogens with zero attached hydrogens (tertiary/aromatic N) is 1. The van der Waals surface area contributed by atoms with Crippen LogP contribution in [0.2, 0.25) is 0 Å². The molecule has 0 atom stereocenters. The Morgan fingerprint density at radius 3 is 2.52 bits per heavy atom. The van der Waals surface area contributed by atoms with Crippen molar-refractivity contribution < 1.29 is 19.0 Å². The van der Waals surface area contributed by atoms with Gasteiger partial charge in [0.1, 0.15) is 5.75 Å². The van der Waals surface area contributed by atoms with Crippen molar-refractivity contribution >= 4 is 21.9 Å². The Morgan fingerprint density at radius 2 is 1.96 bits per heavy atom. The van der Waals surface area contributed by atoms with E-state index in [4.69, 9.17) is 19.5 Å². The molecule has 0 aliphatic rings. The van der Waals surface area contributed by atoms with Crippen molar-refractivity contribution in [2.24, 2.45) is 0 Å². The SMILES string of the molecule is CCOc1cc(C#N)cc(Br)c1OC(=O)c1ccc(OC)cc1. The monoisotopic (exact) mass is 375 g/mol. The van der Waals surface area contributed by atoms with Crippen molar-refractivity contribution in [3.05, 3.63) is 52.0 Å². The summed E-state index contributed by atoms with van der Waals surface area (Å²) >= 11 is 3.30. The Hall–Kier alpha value is -2.52. The first-order valence-corrected chi connectivity index (χ1v) is 7.61. The minimum absolute atomic E-state index is 0.242. The van der Waals surface area contributed by atoms with Crippen LogP contribution in [0.15, 0.2) is 40.9 Å². The third-order valence-electron chi connectivity index (χ3n) is 2.96. The van der Waals surface area contributed by atoms with Crippen molar-refractivity contribution in [1.82, 2.24) is 0 Å². The molecule has 2 rings (SSSR count). The van der Waals surface area contributed by atoms with Crippen LogP contribution in [0.25, 0.3) is 0 Å². The molecule has 0 aliphatic heterocycles. The van der Waals surface area contributed by atoms with Crippen molar-refractivity contribution in [2.45, 2.75) is 6.92 Å². The number of nitriles is 1. The average Bonchev–Trinajstić information content (AvgIpc) is 2.57. The predicted molar refractivity (Wildman–Crippen MR) is 88.0 cm³/mol. The summed E-state index contributed by atoms with van der Waals surface area (Å²) in [4.78, 5) is 12.3. The number of carbonyl (C=O) groups is 1. The van der Waals surface area contributed by atoms with Gasteiger partial charge in [-0.1, -0.05) is 0 Å². The summed E-state index contributed by atoms with van der Waals surface area (Å²) in [6.45, 7) is 2.19. The second-order valence-electron chi connectivity index (χ2n) is 4.45. The first-order chi connectivity index (χ1) is 11.1. The van der Waals surface area contributed by atoms with Crippen LogP contribution >= 0.6 is 15.9 Å². The molecule has 0 spiro atoms. The van der Waals surface area contributed by atoms with Crippen molar-refractivity contribution in [3.8, 4) is 23.3 Å². The largest absolute Gasteiger partial charge is 0.497 e. The van der Waals surface area contributed by atoms with Crippen molar-refractivity contribution in [2.75, 3.05) is 13.7 Å². The zero-order valence-electron chi connectivity index (χ0n) is 12.6. The van der Waals surface area contributed by atoms with Crippen molar-refractivity contribution in [1.29, 1.82) is 5.26 Å². The highest BCUT2D eigenvalue weighted by molar-refractivity contribution is 9.10. The highest BCUT2D eigenvalue weighted by Crippen LogP contribution is 2.37. The molecule has 0 fully saturated rings. The minimum Gasteiger partial charge on any atom is -0.497 e. The normalized spacial score (nSPS) is 9.83. The molecule has 2 aromatic carbocycles. The van der Waals surface area contributed by atoms with Gasteiger partial charge in [0, 0.05) is 6.07 Å². The quantitative estimate of drug-likeness (QED) is 0.584. The maximum atomic E-state index is 12.3. The van der Waals surface area contributed by atoms with E-state index in [1.165, 1.54) is 6.07 Å². The maximum Gasteiger partial charge on any atom is 0.343 e. The van der Waals surface area contributed by atoms with Gasteiger partial charge in [-0.05, 0) is 53.2 Å². The third-order valence-corrected chi connectivity index (χ3v) is 3.55. The fraction of sp³-hybridized carbons (Fsp3) is 0.176. The number of halogens is 1. The van der Waals surface area contributed by atoms with Gasteiger partial charge in [-0.15, -0.1) is 0 Å². The molecule has 5 nitrogen and oxygen atoms in total. The summed E-state index contributed by atoms with van der Waals surface area (Å²) < 4.78 is 16.4. The van der Waals surface area contributed by atoms with Gasteiger partial charge in [0.05, 0.1) is 35.4 Å². The molecule has 6 heteroatoms. The molecule has 0 amide bonds. The van der Waals surface area contributed by atoms with Crippen LogP contribution in [0.5, 0.6) is 17.2 Å². The van der Waals surface area contributed by atoms with Crippen LogP contribution in [-0.2, 0) is 0 Å². The van der Waals surface area contributed by atoms with Crippen LogP contribution in [0.4, 0.5) is 0 Å². The second-order valence-corrected chi connectivity index (χ2v) is 5.30. The molecule has 0 N–H and O–H groups in total. The highest BCUT2D eigenvalue weighted by Gasteiger charge is 2.17. The van der Waals surface area contributed by atoms with E-state index in [-0.39, 0.29) is 5.75 Å². The number of hydrogen-bond donors (Lipinski definition) is 0. The Morgan fingerprint density at radius 1 is 1.26 bits per heavy atom. The fourth-order valence-electron chi connectivity index (χ4n) is 1.87. The number of hydrogen-bond acceptors (Lipinski definition) is 5. The lowest BCUT2D eigenvalue weighted by Crippen LogP contribution is -2.10. The van der Waals surface area contributed by atoms with Gasteiger partial charge in [-0.25, -0.2) is 4.79 Å². The summed E-state index contributed by atoms with van der Waals surface area (Å²) in [5.74, 6) is 0.696. The number of rotatable bonds is 5. The van der Waals surface area contributed by atoms with E-state index in [0.29, 0.717) is 33.7 Å². The summed E-state index contributed by atoms with van der Waals surface area (Å²) in [5.41, 5.74) is 0.786. The van der Waals surface area contributed by atoms with Gasteiger partial charge in [0.25, 0.3) is 0 Å².